The molecule has 1 fully saturated rings. The van der Waals surface area contributed by atoms with E-state index < -0.39 is 41.1 Å². The minimum Gasteiger partial charge on any atom is -0.492 e. The van der Waals surface area contributed by atoms with Crippen molar-refractivity contribution in [3.05, 3.63) is 35.8 Å². The number of nitrogens with two attached hydrogens (primary N) is 1. The molecule has 0 spiro atoms. The average molecular weight is 434 g/mol. The highest BCUT2D eigenvalue weighted by Crippen LogP contribution is 2.32. The molecule has 0 bridgehead atoms. The van der Waals surface area contributed by atoms with Crippen molar-refractivity contribution in [2.45, 2.75) is 12.8 Å². The van der Waals surface area contributed by atoms with Gasteiger partial charge in [-0.05, 0) is 18.2 Å². The zero-order valence-corrected chi connectivity index (χ0v) is 16.9. The molecule has 7 nitrogen and oxygen atoms in total. The number of hydrogen-bond donors (Lipinski definition) is 2. The first-order chi connectivity index (χ1) is 13.5. The standard InChI is InChI=1S/C19H23F3N4O3.FH.H2/c1-19(21,22)14(24-2)8-12(23)10-9-26(3)18(28)15(10)17(27)25-13-7-5-6-11(20)16(13)29-4;;/h5-8,10,15H,9,23H2,1-4H3,(H,25,27);2*1H/b12-8-,24-14?;;/t10-,15+;;/m1../s1. The van der Waals surface area contributed by atoms with E-state index >= 15 is 0 Å². The van der Waals surface area contributed by atoms with Crippen LogP contribution in [0, 0.1) is 17.7 Å². The number of rotatable bonds is 6. The molecule has 11 heteroatoms. The van der Waals surface area contributed by atoms with Gasteiger partial charge in [0.05, 0.1) is 12.8 Å². The van der Waals surface area contributed by atoms with E-state index in [0.29, 0.717) is 6.92 Å². The number of likely N-dealkylation sites (tertiary alicyclic amines) is 1. The Hall–Kier alpha value is -3.11. The fourth-order valence-corrected chi connectivity index (χ4v) is 3.17. The maximum absolute atomic E-state index is 13.9. The molecular formula is C19H26F4N4O3. The van der Waals surface area contributed by atoms with Crippen molar-refractivity contribution in [1.29, 1.82) is 0 Å². The summed E-state index contributed by atoms with van der Waals surface area (Å²) in [7, 11) is 3.91. The summed E-state index contributed by atoms with van der Waals surface area (Å²) in [6, 6.07) is 3.94. The molecule has 168 valence electrons. The summed E-state index contributed by atoms with van der Waals surface area (Å²) < 4.78 is 46.0. The molecule has 30 heavy (non-hydrogen) atoms. The number of amides is 2. The Labute approximate surface area is 172 Å². The van der Waals surface area contributed by atoms with E-state index in [1.54, 1.807) is 0 Å². The van der Waals surface area contributed by atoms with Gasteiger partial charge in [-0.3, -0.25) is 19.3 Å². The van der Waals surface area contributed by atoms with Crippen molar-refractivity contribution in [3.8, 4) is 5.75 Å². The number of para-hydroxylation sites is 1. The fraction of sp³-hybridized carbons (Fsp3) is 0.421. The summed E-state index contributed by atoms with van der Waals surface area (Å²) in [4.78, 5) is 30.2. The van der Waals surface area contributed by atoms with Crippen LogP contribution >= 0.6 is 0 Å². The number of nitrogens with zero attached hydrogens (tertiary/aromatic N) is 2. The van der Waals surface area contributed by atoms with E-state index in [9.17, 15) is 22.8 Å². The Bertz CT molecular complexity index is 874. The van der Waals surface area contributed by atoms with E-state index in [2.05, 4.69) is 10.3 Å². The van der Waals surface area contributed by atoms with Gasteiger partial charge in [-0.2, -0.15) is 8.78 Å². The summed E-state index contributed by atoms with van der Waals surface area (Å²) in [5.41, 5.74) is 5.38. The Balaban J connectivity index is 0.00000450. The molecule has 0 unspecified atom stereocenters. The molecule has 1 aromatic carbocycles. The highest BCUT2D eigenvalue weighted by Gasteiger charge is 2.45. The molecule has 2 amide bonds. The van der Waals surface area contributed by atoms with Crippen LogP contribution in [0.15, 0.2) is 35.0 Å². The number of nitrogens with one attached hydrogen (secondary N) is 1. The third-order valence-corrected chi connectivity index (χ3v) is 4.65. The SMILES string of the molecule is CN=C(/C=C(\N)[C@H]1CN(C)C(=O)[C@@H]1C(=O)Nc1cccc(F)c1OC)C(C)(F)F.F.[HH]. The van der Waals surface area contributed by atoms with Crippen LogP contribution in [0.4, 0.5) is 23.6 Å². The van der Waals surface area contributed by atoms with Crippen molar-refractivity contribution in [1.82, 2.24) is 4.90 Å². The lowest BCUT2D eigenvalue weighted by atomic mass is 9.90. The highest BCUT2D eigenvalue weighted by molar-refractivity contribution is 6.09. The lowest BCUT2D eigenvalue weighted by Crippen LogP contribution is -2.35. The van der Waals surface area contributed by atoms with Gasteiger partial charge in [0.15, 0.2) is 11.6 Å². The maximum Gasteiger partial charge on any atom is 0.286 e. The maximum atomic E-state index is 13.9. The molecule has 1 aromatic rings. The number of hydrogen-bond acceptors (Lipinski definition) is 5. The molecule has 3 N–H and O–H groups in total. The molecule has 1 aliphatic heterocycles. The second-order valence-electron chi connectivity index (χ2n) is 6.75. The Morgan fingerprint density at radius 1 is 1.47 bits per heavy atom. The first-order valence-electron chi connectivity index (χ1n) is 8.71. The molecular weight excluding hydrogens is 408 g/mol. The summed E-state index contributed by atoms with van der Waals surface area (Å²) in [6.07, 6.45) is 0.986. The first kappa shape index (κ1) is 24.9. The quantitative estimate of drug-likeness (QED) is 0.408. The second kappa shape index (κ2) is 9.59. The number of allylic oxidation sites excluding steroid dienone is 1. The van der Waals surface area contributed by atoms with Gasteiger partial charge in [0.2, 0.25) is 11.8 Å². The molecule has 0 radical (unpaired) electrons. The molecule has 0 saturated carbocycles. The van der Waals surface area contributed by atoms with Gasteiger partial charge < -0.3 is 20.7 Å². The van der Waals surface area contributed by atoms with Crippen molar-refractivity contribution in [2.24, 2.45) is 22.6 Å². The van der Waals surface area contributed by atoms with Gasteiger partial charge >= 0.3 is 0 Å². The summed E-state index contributed by atoms with van der Waals surface area (Å²) in [6.45, 7) is 0.733. The smallest absolute Gasteiger partial charge is 0.286 e. The summed E-state index contributed by atoms with van der Waals surface area (Å²) >= 11 is 0. The van der Waals surface area contributed by atoms with E-state index in [1.807, 2.05) is 0 Å². The molecule has 0 aliphatic carbocycles. The predicted molar refractivity (Wildman–Crippen MR) is 107 cm³/mol. The number of halogens is 4. The van der Waals surface area contributed by atoms with E-state index in [-0.39, 0.29) is 29.8 Å². The van der Waals surface area contributed by atoms with Crippen molar-refractivity contribution >= 4 is 23.2 Å². The number of benzene rings is 1. The number of carbonyl (C=O) groups excluding carboxylic acids is 2. The zero-order chi connectivity index (χ0) is 21.9. The number of aliphatic imine (C=N–C) groups is 1. The number of ether oxygens (including phenoxy) is 1. The Morgan fingerprint density at radius 2 is 2.10 bits per heavy atom. The number of methoxy groups -OCH3 is 1. The van der Waals surface area contributed by atoms with Gasteiger partial charge in [0.1, 0.15) is 11.6 Å². The predicted octanol–water partition coefficient (Wildman–Crippen LogP) is 2.44. The van der Waals surface area contributed by atoms with Crippen LogP contribution in [0.1, 0.15) is 8.35 Å². The first-order valence-corrected chi connectivity index (χ1v) is 8.71. The van der Waals surface area contributed by atoms with E-state index in [0.717, 1.165) is 12.1 Å². The van der Waals surface area contributed by atoms with Crippen molar-refractivity contribution in [2.75, 3.05) is 33.1 Å². The molecule has 1 saturated heterocycles. The summed E-state index contributed by atoms with van der Waals surface area (Å²) in [5.74, 6) is -7.52. The van der Waals surface area contributed by atoms with Crippen LogP contribution in [0.5, 0.6) is 5.75 Å². The highest BCUT2D eigenvalue weighted by atomic mass is 19.3. The topological polar surface area (TPSA) is 97.0 Å². The zero-order valence-electron chi connectivity index (χ0n) is 16.9. The van der Waals surface area contributed by atoms with Crippen LogP contribution in [-0.4, -0.2) is 56.1 Å². The summed E-state index contributed by atoms with van der Waals surface area (Å²) in [5, 5.41) is 2.46. The van der Waals surface area contributed by atoms with Gasteiger partial charge in [0, 0.05) is 40.6 Å². The molecule has 2 rings (SSSR count). The lowest BCUT2D eigenvalue weighted by molar-refractivity contribution is -0.135. The van der Waals surface area contributed by atoms with Crippen LogP contribution in [0.25, 0.3) is 0 Å². The minimum atomic E-state index is -3.24. The third-order valence-electron chi connectivity index (χ3n) is 4.65. The minimum absolute atomic E-state index is 0. The van der Waals surface area contributed by atoms with Crippen molar-refractivity contribution in [3.63, 3.8) is 0 Å². The number of anilines is 1. The second-order valence-corrected chi connectivity index (χ2v) is 6.75. The third kappa shape index (κ3) is 5.08. The van der Waals surface area contributed by atoms with Gasteiger partial charge in [-0.15, -0.1) is 0 Å². The van der Waals surface area contributed by atoms with Crippen LogP contribution in [0.3, 0.4) is 0 Å². The van der Waals surface area contributed by atoms with Gasteiger partial charge in [-0.1, -0.05) is 6.07 Å². The van der Waals surface area contributed by atoms with Crippen LogP contribution in [0.2, 0.25) is 0 Å². The van der Waals surface area contributed by atoms with Crippen LogP contribution < -0.4 is 15.8 Å². The number of carbonyl (C=O) groups is 2. The normalized spacial score (nSPS) is 20.1. The Kier molecular flexibility index (Phi) is 7.97. The van der Waals surface area contributed by atoms with E-state index in [1.165, 1.54) is 38.2 Å². The Morgan fingerprint density at radius 3 is 2.63 bits per heavy atom. The molecule has 2 atom stereocenters. The lowest BCUT2D eigenvalue weighted by Gasteiger charge is -2.19. The van der Waals surface area contributed by atoms with Crippen molar-refractivity contribution < 1.29 is 33.6 Å². The monoisotopic (exact) mass is 434 g/mol. The molecule has 1 aliphatic rings. The molecule has 0 aromatic heterocycles. The fourth-order valence-electron chi connectivity index (χ4n) is 3.17. The molecule has 1 heterocycles. The van der Waals surface area contributed by atoms with Crippen LogP contribution in [-0.2, 0) is 9.59 Å². The average Bonchev–Trinajstić information content (AvgIpc) is 2.93. The van der Waals surface area contributed by atoms with Gasteiger partial charge in [-0.25, -0.2) is 4.39 Å². The largest absolute Gasteiger partial charge is 0.492 e. The van der Waals surface area contributed by atoms with E-state index in [4.69, 9.17) is 10.5 Å². The number of alkyl halides is 2. The van der Waals surface area contributed by atoms with Gasteiger partial charge in [0.25, 0.3) is 5.92 Å².